The van der Waals surface area contributed by atoms with Gasteiger partial charge in [0.05, 0.1) is 27.1 Å². The van der Waals surface area contributed by atoms with Crippen LogP contribution in [0.25, 0.3) is 34.0 Å². The summed E-state index contributed by atoms with van der Waals surface area (Å²) in [6, 6.07) is 16.3. The highest BCUT2D eigenvalue weighted by Gasteiger charge is 2.15. The number of hydrogen-bond acceptors (Lipinski definition) is 6. The van der Waals surface area contributed by atoms with Gasteiger partial charge < -0.3 is 14.5 Å². The van der Waals surface area contributed by atoms with E-state index in [1.54, 1.807) is 12.1 Å². The van der Waals surface area contributed by atoms with Crippen LogP contribution in [0, 0.1) is 21.4 Å². The van der Waals surface area contributed by atoms with Gasteiger partial charge in [0.2, 0.25) is 0 Å². The minimum Gasteiger partial charge on any atom is -0.507 e. The summed E-state index contributed by atoms with van der Waals surface area (Å²) >= 11 is 0. The molecule has 0 bridgehead atoms. The Morgan fingerprint density at radius 2 is 2.07 bits per heavy atom. The summed E-state index contributed by atoms with van der Waals surface area (Å²) in [5.74, 6) is 0.848. The Kier molecular flexibility index (Phi) is 4.10. The number of para-hydroxylation sites is 2. The predicted octanol–water partition coefficient (Wildman–Crippen LogP) is 4.50. The number of phenolic OH excluding ortho intramolecular Hbond substituents is 1. The summed E-state index contributed by atoms with van der Waals surface area (Å²) in [4.78, 5) is 17.9. The molecule has 0 saturated heterocycles. The molecule has 8 nitrogen and oxygen atoms in total. The van der Waals surface area contributed by atoms with Crippen LogP contribution in [0.1, 0.15) is 11.6 Å². The van der Waals surface area contributed by atoms with E-state index in [1.807, 2.05) is 24.3 Å². The lowest BCUT2D eigenvalue weighted by atomic mass is 10.1. The Morgan fingerprint density at radius 3 is 2.82 bits per heavy atom. The number of imidazole rings is 1. The molecule has 2 heterocycles. The number of aromatic hydroxyl groups is 1. The second-order valence-corrected chi connectivity index (χ2v) is 5.93. The number of hydrogen-bond donors (Lipinski definition) is 2. The van der Waals surface area contributed by atoms with Crippen LogP contribution in [-0.4, -0.2) is 20.0 Å². The molecule has 0 atom stereocenters. The first-order valence-corrected chi connectivity index (χ1v) is 8.19. The smallest absolute Gasteiger partial charge is 0.270 e. The number of nitriles is 1. The van der Waals surface area contributed by atoms with Crippen LogP contribution in [0.3, 0.4) is 0 Å². The number of nitrogens with one attached hydrogen (secondary N) is 1. The molecule has 0 fully saturated rings. The van der Waals surface area contributed by atoms with Gasteiger partial charge in [-0.3, -0.25) is 10.1 Å². The third-order valence-corrected chi connectivity index (χ3v) is 4.13. The van der Waals surface area contributed by atoms with Crippen molar-refractivity contribution in [3.8, 4) is 23.1 Å². The van der Waals surface area contributed by atoms with Crippen molar-refractivity contribution in [2.45, 2.75) is 0 Å². The normalized spacial score (nSPS) is 11.5. The molecule has 0 unspecified atom stereocenters. The van der Waals surface area contributed by atoms with E-state index in [0.717, 1.165) is 11.0 Å². The lowest BCUT2D eigenvalue weighted by Crippen LogP contribution is -1.88. The Hall–Kier alpha value is -4.38. The summed E-state index contributed by atoms with van der Waals surface area (Å²) in [5.41, 5.74) is 1.83. The predicted molar refractivity (Wildman–Crippen MR) is 102 cm³/mol. The van der Waals surface area contributed by atoms with Crippen molar-refractivity contribution in [1.29, 1.82) is 5.26 Å². The van der Waals surface area contributed by atoms with E-state index in [2.05, 4.69) is 16.0 Å². The fourth-order valence-electron chi connectivity index (χ4n) is 2.79. The average molecular weight is 372 g/mol. The molecular formula is C20H12N4O4. The van der Waals surface area contributed by atoms with Gasteiger partial charge in [0.25, 0.3) is 5.69 Å². The fourth-order valence-corrected chi connectivity index (χ4v) is 2.79. The van der Waals surface area contributed by atoms with Gasteiger partial charge in [0.1, 0.15) is 29.2 Å². The van der Waals surface area contributed by atoms with Crippen LogP contribution in [0.15, 0.2) is 59.0 Å². The number of phenols is 1. The number of non-ortho nitro benzene ring substituents is 1. The molecule has 0 radical (unpaired) electrons. The van der Waals surface area contributed by atoms with Crippen molar-refractivity contribution in [1.82, 2.24) is 9.97 Å². The number of H-pyrrole nitrogens is 1. The van der Waals surface area contributed by atoms with Gasteiger partial charge in [-0.1, -0.05) is 12.1 Å². The molecule has 28 heavy (non-hydrogen) atoms. The largest absolute Gasteiger partial charge is 0.507 e. The van der Waals surface area contributed by atoms with E-state index in [4.69, 9.17) is 4.42 Å². The molecule has 4 aromatic rings. The number of benzene rings is 2. The molecule has 0 aliphatic carbocycles. The van der Waals surface area contributed by atoms with Gasteiger partial charge in [0, 0.05) is 18.2 Å². The van der Waals surface area contributed by atoms with E-state index in [9.17, 15) is 20.5 Å². The summed E-state index contributed by atoms with van der Waals surface area (Å²) in [6.07, 6.45) is 1.51. The van der Waals surface area contributed by atoms with Crippen LogP contribution >= 0.6 is 0 Å². The number of nitro benzene ring substituents is 1. The molecule has 0 aliphatic heterocycles. The second-order valence-electron chi connectivity index (χ2n) is 5.93. The molecule has 0 saturated carbocycles. The summed E-state index contributed by atoms with van der Waals surface area (Å²) < 4.78 is 5.66. The molecule has 2 aromatic carbocycles. The maximum Gasteiger partial charge on any atom is 0.270 e. The second kappa shape index (κ2) is 6.74. The SMILES string of the molecule is N#CC(=Cc1ccc(-c2cc([N+](=O)[O-])ccc2O)o1)c1nc2ccccc2[nH]1. The van der Waals surface area contributed by atoms with Gasteiger partial charge >= 0.3 is 0 Å². The van der Waals surface area contributed by atoms with Crippen molar-refractivity contribution in [3.63, 3.8) is 0 Å². The lowest BCUT2D eigenvalue weighted by molar-refractivity contribution is -0.384. The third kappa shape index (κ3) is 3.08. The monoisotopic (exact) mass is 372 g/mol. The number of nitrogens with zero attached hydrogens (tertiary/aromatic N) is 3. The summed E-state index contributed by atoms with van der Waals surface area (Å²) in [6.45, 7) is 0. The van der Waals surface area contributed by atoms with Crippen molar-refractivity contribution in [3.05, 3.63) is 76.3 Å². The van der Waals surface area contributed by atoms with Crippen LogP contribution in [-0.2, 0) is 0 Å². The van der Waals surface area contributed by atoms with E-state index in [-0.39, 0.29) is 28.3 Å². The van der Waals surface area contributed by atoms with Crippen LogP contribution in [0.5, 0.6) is 5.75 Å². The molecular weight excluding hydrogens is 360 g/mol. The van der Waals surface area contributed by atoms with Crippen molar-refractivity contribution in [2.24, 2.45) is 0 Å². The standard InChI is InChI=1S/C20H12N4O4/c21-11-12(20-22-16-3-1-2-4-17(16)23-20)9-14-6-8-19(28-14)15-10-13(24(26)27)5-7-18(15)25/h1-10,25H,(H,22,23). The van der Waals surface area contributed by atoms with Crippen molar-refractivity contribution < 1.29 is 14.4 Å². The maximum atomic E-state index is 11.0. The Bertz CT molecular complexity index is 1240. The molecule has 2 N–H and O–H groups in total. The highest BCUT2D eigenvalue weighted by molar-refractivity contribution is 5.89. The lowest BCUT2D eigenvalue weighted by Gasteiger charge is -2.01. The van der Waals surface area contributed by atoms with Gasteiger partial charge in [-0.15, -0.1) is 0 Å². The quantitative estimate of drug-likeness (QED) is 0.308. The maximum absolute atomic E-state index is 11.0. The third-order valence-electron chi connectivity index (χ3n) is 4.13. The Balaban J connectivity index is 1.71. The Morgan fingerprint density at radius 1 is 1.25 bits per heavy atom. The van der Waals surface area contributed by atoms with E-state index in [1.165, 1.54) is 24.3 Å². The zero-order valence-electron chi connectivity index (χ0n) is 14.3. The van der Waals surface area contributed by atoms with Crippen LogP contribution < -0.4 is 0 Å². The highest BCUT2D eigenvalue weighted by atomic mass is 16.6. The van der Waals surface area contributed by atoms with E-state index >= 15 is 0 Å². The summed E-state index contributed by atoms with van der Waals surface area (Å²) in [7, 11) is 0. The number of fused-ring (bicyclic) bond motifs is 1. The minimum atomic E-state index is -0.554. The molecule has 0 amide bonds. The number of allylic oxidation sites excluding steroid dienone is 1. The van der Waals surface area contributed by atoms with Gasteiger partial charge in [0.15, 0.2) is 0 Å². The number of aromatic nitrogens is 2. The number of aromatic amines is 1. The van der Waals surface area contributed by atoms with Gasteiger partial charge in [-0.25, -0.2) is 4.98 Å². The molecule has 0 spiro atoms. The zero-order valence-corrected chi connectivity index (χ0v) is 14.3. The molecule has 0 aliphatic rings. The Labute approximate surface area is 158 Å². The van der Waals surface area contributed by atoms with Gasteiger partial charge in [-0.05, 0) is 30.3 Å². The van der Waals surface area contributed by atoms with E-state index in [0.29, 0.717) is 11.6 Å². The average Bonchev–Trinajstić information content (AvgIpc) is 3.33. The van der Waals surface area contributed by atoms with Crippen molar-refractivity contribution in [2.75, 3.05) is 0 Å². The summed E-state index contributed by atoms with van der Waals surface area (Å²) in [5, 5.41) is 30.5. The molecule has 8 heteroatoms. The first-order chi connectivity index (χ1) is 13.5. The van der Waals surface area contributed by atoms with Crippen molar-refractivity contribution >= 4 is 28.4 Å². The van der Waals surface area contributed by atoms with Gasteiger partial charge in [-0.2, -0.15) is 5.26 Å². The van der Waals surface area contributed by atoms with E-state index < -0.39 is 4.92 Å². The zero-order chi connectivity index (χ0) is 19.7. The minimum absolute atomic E-state index is 0.145. The first kappa shape index (κ1) is 17.1. The number of furan rings is 1. The van der Waals surface area contributed by atoms with Crippen LogP contribution in [0.4, 0.5) is 5.69 Å². The number of nitro groups is 1. The first-order valence-electron chi connectivity index (χ1n) is 8.19. The molecule has 4 rings (SSSR count). The molecule has 2 aromatic heterocycles. The fraction of sp³-hybridized carbons (Fsp3) is 0. The highest BCUT2D eigenvalue weighted by Crippen LogP contribution is 2.34. The molecule has 136 valence electrons. The van der Waals surface area contributed by atoms with Crippen LogP contribution in [0.2, 0.25) is 0 Å². The number of rotatable bonds is 4. The topological polar surface area (TPSA) is 129 Å².